The molecule has 0 bridgehead atoms. The number of hydrogen-bond acceptors (Lipinski definition) is 0. The average molecular weight is 198 g/mol. The van der Waals surface area contributed by atoms with Gasteiger partial charge in [0.25, 0.3) is 0 Å². The second-order valence-electron chi connectivity index (χ2n) is 3.99. The first-order valence-corrected chi connectivity index (χ1v) is 7.86. The van der Waals surface area contributed by atoms with Gasteiger partial charge in [0.15, 0.2) is 0 Å². The molecule has 0 aromatic carbocycles. The van der Waals surface area contributed by atoms with Crippen molar-refractivity contribution in [3.63, 3.8) is 0 Å². The molecule has 0 aliphatic rings. The Labute approximate surface area is 92.7 Å². The number of rotatable bonds is 10. The van der Waals surface area contributed by atoms with E-state index in [0.29, 0.717) is 0 Å². The predicted molar refractivity (Wildman–Crippen MR) is 64.8 cm³/mol. The van der Waals surface area contributed by atoms with Crippen molar-refractivity contribution in [2.45, 2.75) is 75.8 Å². The van der Waals surface area contributed by atoms with E-state index < -0.39 is 0 Å². The summed E-state index contributed by atoms with van der Waals surface area (Å²) in [6.45, 7) is 4.58. The Morgan fingerprint density at radius 3 is 1.54 bits per heavy atom. The van der Waals surface area contributed by atoms with Gasteiger partial charge in [-0.05, 0) is 0 Å². The smallest absolute Gasteiger partial charge is 1.00 e. The third kappa shape index (κ3) is 12.5. The van der Waals surface area contributed by atoms with Gasteiger partial charge in [0.05, 0.1) is 0 Å². The van der Waals surface area contributed by atoms with Crippen LogP contribution in [0.25, 0.3) is 0 Å². The summed E-state index contributed by atoms with van der Waals surface area (Å²) in [7, 11) is 0. The topological polar surface area (TPSA) is 0 Å². The normalized spacial score (nSPS) is 10.0. The third-order valence-corrected chi connectivity index (χ3v) is 4.16. The van der Waals surface area contributed by atoms with Crippen LogP contribution in [0, 0.1) is 0 Å². The Morgan fingerprint density at radius 2 is 1.15 bits per heavy atom. The first-order chi connectivity index (χ1) is 6.41. The summed E-state index contributed by atoms with van der Waals surface area (Å²) < 4.78 is 0. The van der Waals surface area contributed by atoms with E-state index in [-0.39, 0.29) is 1.43 Å². The van der Waals surface area contributed by atoms with Gasteiger partial charge < -0.3 is 1.43 Å². The molecule has 0 saturated carbocycles. The predicted octanol–water partition coefficient (Wildman–Crippen LogP) is 4.80. The summed E-state index contributed by atoms with van der Waals surface area (Å²) in [5.74, 6) is 0. The molecule has 0 unspecified atom stereocenters. The summed E-state index contributed by atoms with van der Waals surface area (Å²) in [5.41, 5.74) is 0. The molecule has 0 atom stereocenters. The van der Waals surface area contributed by atoms with Gasteiger partial charge in [-0.25, -0.2) is 0 Å². The second-order valence-corrected chi connectivity index (χ2v) is 5.72. The largest absolute Gasteiger partial charge is 1.00 e. The molecule has 0 spiro atoms. The summed E-state index contributed by atoms with van der Waals surface area (Å²) in [6.07, 6.45) is 11.7. The van der Waals surface area contributed by atoms with Crippen LogP contribution in [0.3, 0.4) is 0 Å². The summed E-state index contributed by atoms with van der Waals surface area (Å²) in [6, 6.07) is 0. The zero-order valence-corrected chi connectivity index (χ0v) is 10.8. The standard InChI is InChI=1S/2C6H13.Al.H/c2*1-3-5-6-4-2;;/h2*1,3-6H2,2H3;;/q;;+1;-1. The van der Waals surface area contributed by atoms with Crippen LogP contribution >= 0.6 is 0 Å². The molecule has 13 heavy (non-hydrogen) atoms. The van der Waals surface area contributed by atoms with E-state index in [4.69, 9.17) is 0 Å². The van der Waals surface area contributed by atoms with Gasteiger partial charge in [0, 0.05) is 0 Å². The maximum atomic E-state index is 2.29. The molecule has 0 saturated heterocycles. The first kappa shape index (κ1) is 13.5. The molecule has 0 aromatic heterocycles. The summed E-state index contributed by atoms with van der Waals surface area (Å²) >= 11 is 0.805. The van der Waals surface area contributed by atoms with Crippen molar-refractivity contribution in [3.05, 3.63) is 0 Å². The van der Waals surface area contributed by atoms with Crippen LogP contribution in [0.15, 0.2) is 0 Å². The molecule has 0 rings (SSSR count). The minimum absolute atomic E-state index is 0. The van der Waals surface area contributed by atoms with Crippen molar-refractivity contribution in [2.24, 2.45) is 0 Å². The fourth-order valence-corrected chi connectivity index (χ4v) is 3.02. The van der Waals surface area contributed by atoms with Gasteiger partial charge >= 0.3 is 91.0 Å². The summed E-state index contributed by atoms with van der Waals surface area (Å²) in [4.78, 5) is 0. The van der Waals surface area contributed by atoms with E-state index in [1.807, 2.05) is 0 Å². The van der Waals surface area contributed by atoms with Crippen LogP contribution in [0.5, 0.6) is 0 Å². The number of hydrogen-bond donors (Lipinski definition) is 0. The van der Waals surface area contributed by atoms with Gasteiger partial charge in [-0.2, -0.15) is 0 Å². The Kier molecular flexibility index (Phi) is 13.0. The van der Waals surface area contributed by atoms with Crippen molar-refractivity contribution >= 4 is 15.2 Å². The van der Waals surface area contributed by atoms with E-state index in [9.17, 15) is 0 Å². The Bertz CT molecular complexity index is 76.4. The molecule has 0 aromatic rings. The average Bonchev–Trinajstić information content (AvgIpc) is 2.16. The van der Waals surface area contributed by atoms with E-state index in [1.54, 1.807) is 10.6 Å². The minimum Gasteiger partial charge on any atom is -1.00 e. The molecule has 0 fully saturated rings. The van der Waals surface area contributed by atoms with Gasteiger partial charge in [-0.3, -0.25) is 0 Å². The van der Waals surface area contributed by atoms with Crippen LogP contribution in [-0.2, 0) is 0 Å². The van der Waals surface area contributed by atoms with Crippen LogP contribution < -0.4 is 0 Å². The molecule has 0 nitrogen and oxygen atoms in total. The quantitative estimate of drug-likeness (QED) is 0.349. The Morgan fingerprint density at radius 1 is 0.692 bits per heavy atom. The fourth-order valence-electron chi connectivity index (χ4n) is 1.58. The molecular weight excluding hydrogens is 171 g/mol. The molecule has 0 aliphatic heterocycles. The Balaban J connectivity index is 0. The molecule has 0 N–H and O–H groups in total. The van der Waals surface area contributed by atoms with Gasteiger partial charge in [0.1, 0.15) is 0 Å². The number of unbranched alkanes of at least 4 members (excludes halogenated alkanes) is 6. The molecule has 1 heteroatoms. The molecule has 78 valence electrons. The van der Waals surface area contributed by atoms with Crippen LogP contribution in [0.2, 0.25) is 10.6 Å². The fraction of sp³-hybridized carbons (Fsp3) is 1.00. The molecule has 0 radical (unpaired) electrons. The first-order valence-electron chi connectivity index (χ1n) is 6.23. The summed E-state index contributed by atoms with van der Waals surface area (Å²) in [5, 5.41) is 3.12. The Hall–Kier alpha value is 0.532. The minimum atomic E-state index is 0. The van der Waals surface area contributed by atoms with E-state index >= 15 is 0 Å². The zero-order valence-electron chi connectivity index (χ0n) is 10.6. The van der Waals surface area contributed by atoms with E-state index in [1.165, 1.54) is 51.4 Å². The van der Waals surface area contributed by atoms with Crippen molar-refractivity contribution in [1.82, 2.24) is 0 Å². The van der Waals surface area contributed by atoms with E-state index in [0.717, 1.165) is 15.2 Å². The molecule has 0 amide bonds. The SMILES string of the molecule is CCCCC[CH2][Al+][CH2]CCCCC.[H-]. The third-order valence-electron chi connectivity index (χ3n) is 2.52. The van der Waals surface area contributed by atoms with Crippen molar-refractivity contribution in [1.29, 1.82) is 0 Å². The van der Waals surface area contributed by atoms with Crippen molar-refractivity contribution in [2.75, 3.05) is 0 Å². The van der Waals surface area contributed by atoms with Crippen molar-refractivity contribution in [3.8, 4) is 0 Å². The van der Waals surface area contributed by atoms with Gasteiger partial charge in [-0.1, -0.05) is 0 Å². The maximum absolute atomic E-state index is 2.29. The van der Waals surface area contributed by atoms with Crippen LogP contribution in [0.1, 0.15) is 66.6 Å². The van der Waals surface area contributed by atoms with Gasteiger partial charge in [-0.15, -0.1) is 0 Å². The van der Waals surface area contributed by atoms with E-state index in [2.05, 4.69) is 13.8 Å². The second kappa shape index (κ2) is 12.5. The monoisotopic (exact) mass is 198 g/mol. The van der Waals surface area contributed by atoms with Crippen LogP contribution in [0.4, 0.5) is 0 Å². The van der Waals surface area contributed by atoms with Crippen LogP contribution in [-0.4, -0.2) is 15.2 Å². The maximum Gasteiger partial charge on any atom is -1.00 e. The van der Waals surface area contributed by atoms with Crippen molar-refractivity contribution < 1.29 is 1.43 Å². The molecule has 0 aliphatic carbocycles. The zero-order chi connectivity index (χ0) is 9.78. The van der Waals surface area contributed by atoms with Gasteiger partial charge in [0.2, 0.25) is 0 Å². The molecule has 0 heterocycles. The molecular formula is C12H27Al.